The summed E-state index contributed by atoms with van der Waals surface area (Å²) in [5.74, 6) is 0.849. The molecular weight excluding hydrogens is 282 g/mol. The van der Waals surface area contributed by atoms with E-state index < -0.39 is 0 Å². The van der Waals surface area contributed by atoms with E-state index in [-0.39, 0.29) is 17.4 Å². The smallest absolute Gasteiger partial charge is 0.191 e. The highest BCUT2D eigenvalue weighted by molar-refractivity contribution is 7.10. The normalized spacial score (nSPS) is 17.6. The second-order valence-electron chi connectivity index (χ2n) is 6.57. The molecule has 118 valence electrons. The number of hydrogen-bond donors (Lipinski definition) is 3. The fourth-order valence-corrected chi connectivity index (χ4v) is 3.04. The minimum Gasteiger partial charge on any atom is -0.396 e. The molecule has 5 heteroatoms. The van der Waals surface area contributed by atoms with E-state index in [1.54, 1.807) is 11.3 Å². The molecule has 2 rings (SSSR count). The molecule has 1 heterocycles. The van der Waals surface area contributed by atoms with E-state index in [1.807, 2.05) is 0 Å². The molecule has 0 atom stereocenters. The lowest BCUT2D eigenvalue weighted by molar-refractivity contribution is 0.212. The Balaban J connectivity index is 1.93. The first-order valence-electron chi connectivity index (χ1n) is 7.68. The SMILES string of the molecule is CCNC(=NCC(C)(C)c1cccs1)NCC1(CO)CC1. The number of aliphatic imine (C=N–C) groups is 1. The maximum Gasteiger partial charge on any atom is 0.191 e. The Labute approximate surface area is 131 Å². The van der Waals surface area contributed by atoms with Gasteiger partial charge in [-0.3, -0.25) is 4.99 Å². The van der Waals surface area contributed by atoms with Crippen LogP contribution in [0.5, 0.6) is 0 Å². The highest BCUT2D eigenvalue weighted by Crippen LogP contribution is 2.44. The molecule has 3 N–H and O–H groups in total. The summed E-state index contributed by atoms with van der Waals surface area (Å²) in [6.45, 7) is 9.17. The fourth-order valence-electron chi connectivity index (χ4n) is 2.20. The average molecular weight is 309 g/mol. The summed E-state index contributed by atoms with van der Waals surface area (Å²) >= 11 is 1.78. The van der Waals surface area contributed by atoms with Crippen LogP contribution in [0.25, 0.3) is 0 Å². The molecule has 21 heavy (non-hydrogen) atoms. The molecule has 1 aromatic heterocycles. The van der Waals surface area contributed by atoms with Gasteiger partial charge in [-0.25, -0.2) is 0 Å². The van der Waals surface area contributed by atoms with E-state index in [4.69, 9.17) is 4.99 Å². The third kappa shape index (κ3) is 4.45. The summed E-state index contributed by atoms with van der Waals surface area (Å²) in [6.07, 6.45) is 2.22. The monoisotopic (exact) mass is 309 g/mol. The van der Waals surface area contributed by atoms with Gasteiger partial charge in [0.25, 0.3) is 0 Å². The van der Waals surface area contributed by atoms with Crippen molar-refractivity contribution in [2.45, 2.75) is 39.0 Å². The molecule has 0 bridgehead atoms. The number of hydrogen-bond acceptors (Lipinski definition) is 3. The first-order chi connectivity index (χ1) is 10.0. The van der Waals surface area contributed by atoms with Crippen LogP contribution in [0.15, 0.2) is 22.5 Å². The highest BCUT2D eigenvalue weighted by atomic mass is 32.1. The molecule has 0 aliphatic heterocycles. The van der Waals surface area contributed by atoms with Crippen LogP contribution in [-0.2, 0) is 5.41 Å². The molecule has 0 saturated heterocycles. The van der Waals surface area contributed by atoms with E-state index >= 15 is 0 Å². The molecule has 0 spiro atoms. The van der Waals surface area contributed by atoms with E-state index in [2.05, 4.69) is 48.9 Å². The summed E-state index contributed by atoms with van der Waals surface area (Å²) in [5, 5.41) is 18.2. The summed E-state index contributed by atoms with van der Waals surface area (Å²) in [4.78, 5) is 6.08. The van der Waals surface area contributed by atoms with Crippen LogP contribution in [0.1, 0.15) is 38.5 Å². The van der Waals surface area contributed by atoms with Crippen LogP contribution in [0.3, 0.4) is 0 Å². The molecule has 1 aromatic rings. The van der Waals surface area contributed by atoms with Crippen molar-refractivity contribution in [2.24, 2.45) is 10.4 Å². The maximum absolute atomic E-state index is 9.38. The molecule has 0 amide bonds. The van der Waals surface area contributed by atoms with Crippen molar-refractivity contribution in [3.8, 4) is 0 Å². The van der Waals surface area contributed by atoms with Gasteiger partial charge in [0, 0.05) is 28.8 Å². The van der Waals surface area contributed by atoms with E-state index in [1.165, 1.54) is 4.88 Å². The zero-order chi connectivity index (χ0) is 15.3. The Morgan fingerprint density at radius 2 is 2.19 bits per heavy atom. The minimum absolute atomic E-state index is 0.0464. The van der Waals surface area contributed by atoms with Gasteiger partial charge >= 0.3 is 0 Å². The summed E-state index contributed by atoms with van der Waals surface area (Å²) in [7, 11) is 0. The van der Waals surface area contributed by atoms with Gasteiger partial charge < -0.3 is 15.7 Å². The van der Waals surface area contributed by atoms with Gasteiger partial charge in [-0.15, -0.1) is 11.3 Å². The van der Waals surface area contributed by atoms with Gasteiger partial charge in [-0.2, -0.15) is 0 Å². The number of aliphatic hydroxyl groups excluding tert-OH is 1. The van der Waals surface area contributed by atoms with Crippen LogP contribution < -0.4 is 10.6 Å². The molecule has 1 aliphatic rings. The maximum atomic E-state index is 9.38. The number of nitrogens with one attached hydrogen (secondary N) is 2. The van der Waals surface area contributed by atoms with Gasteiger partial charge in [0.2, 0.25) is 0 Å². The first kappa shape index (κ1) is 16.3. The van der Waals surface area contributed by atoms with E-state index in [0.29, 0.717) is 0 Å². The van der Waals surface area contributed by atoms with Crippen molar-refractivity contribution in [3.05, 3.63) is 22.4 Å². The van der Waals surface area contributed by atoms with Crippen molar-refractivity contribution in [2.75, 3.05) is 26.2 Å². The van der Waals surface area contributed by atoms with E-state index in [0.717, 1.165) is 38.4 Å². The topological polar surface area (TPSA) is 56.7 Å². The van der Waals surface area contributed by atoms with Gasteiger partial charge in [0.15, 0.2) is 5.96 Å². The number of nitrogens with zero attached hydrogens (tertiary/aromatic N) is 1. The van der Waals surface area contributed by atoms with Crippen molar-refractivity contribution >= 4 is 17.3 Å². The molecule has 0 radical (unpaired) electrons. The summed E-state index contributed by atoms with van der Waals surface area (Å²) in [5.41, 5.74) is 0.143. The number of rotatable bonds is 7. The molecular formula is C16H27N3OS. The summed E-state index contributed by atoms with van der Waals surface area (Å²) in [6, 6.07) is 4.26. The van der Waals surface area contributed by atoms with Gasteiger partial charge in [-0.05, 0) is 31.2 Å². The van der Waals surface area contributed by atoms with E-state index in [9.17, 15) is 5.11 Å². The molecule has 0 unspecified atom stereocenters. The van der Waals surface area contributed by atoms with Crippen LogP contribution in [-0.4, -0.2) is 37.3 Å². The number of guanidine groups is 1. The Morgan fingerprint density at radius 3 is 2.71 bits per heavy atom. The second kappa shape index (κ2) is 6.79. The standard InChI is InChI=1S/C16H27N3OS/c1-4-17-14(19-11-16(12-20)7-8-16)18-10-15(2,3)13-6-5-9-21-13/h5-6,9,20H,4,7-8,10-12H2,1-3H3,(H2,17,18,19). The second-order valence-corrected chi connectivity index (χ2v) is 7.52. The van der Waals surface area contributed by atoms with Crippen molar-refractivity contribution in [3.63, 3.8) is 0 Å². The van der Waals surface area contributed by atoms with Gasteiger partial charge in [0.05, 0.1) is 13.2 Å². The van der Waals surface area contributed by atoms with Crippen LogP contribution in [0.4, 0.5) is 0 Å². The van der Waals surface area contributed by atoms with Crippen LogP contribution in [0, 0.1) is 5.41 Å². The predicted octanol–water partition coefficient (Wildman–Crippen LogP) is 2.35. The average Bonchev–Trinajstić information content (AvgIpc) is 3.02. The largest absolute Gasteiger partial charge is 0.396 e. The number of aliphatic hydroxyl groups is 1. The molecule has 1 aliphatic carbocycles. The van der Waals surface area contributed by atoms with Gasteiger partial charge in [0.1, 0.15) is 0 Å². The fraction of sp³-hybridized carbons (Fsp3) is 0.688. The predicted molar refractivity (Wildman–Crippen MR) is 90.1 cm³/mol. The Kier molecular flexibility index (Phi) is 5.27. The Bertz CT molecular complexity index is 464. The summed E-state index contributed by atoms with van der Waals surface area (Å²) < 4.78 is 0. The van der Waals surface area contributed by atoms with Crippen molar-refractivity contribution < 1.29 is 5.11 Å². The quantitative estimate of drug-likeness (QED) is 0.535. The Hall–Kier alpha value is -1.07. The first-order valence-corrected chi connectivity index (χ1v) is 8.56. The highest BCUT2D eigenvalue weighted by Gasteiger charge is 2.41. The lowest BCUT2D eigenvalue weighted by atomic mass is 9.92. The molecule has 1 saturated carbocycles. The van der Waals surface area contributed by atoms with Crippen molar-refractivity contribution in [1.29, 1.82) is 0 Å². The zero-order valence-corrected chi connectivity index (χ0v) is 14.1. The third-order valence-corrected chi connectivity index (χ3v) is 5.32. The third-order valence-electron chi connectivity index (χ3n) is 4.09. The molecule has 4 nitrogen and oxygen atoms in total. The molecule has 0 aromatic carbocycles. The zero-order valence-electron chi connectivity index (χ0n) is 13.3. The van der Waals surface area contributed by atoms with Crippen molar-refractivity contribution in [1.82, 2.24) is 10.6 Å². The lowest BCUT2D eigenvalue weighted by Crippen LogP contribution is -2.41. The number of thiophene rings is 1. The molecule has 1 fully saturated rings. The lowest BCUT2D eigenvalue weighted by Gasteiger charge is -2.22. The minimum atomic E-state index is 0.0464. The Morgan fingerprint density at radius 1 is 1.43 bits per heavy atom. The van der Waals surface area contributed by atoms with Crippen LogP contribution >= 0.6 is 11.3 Å². The van der Waals surface area contributed by atoms with Crippen LogP contribution in [0.2, 0.25) is 0 Å². The van der Waals surface area contributed by atoms with Gasteiger partial charge in [-0.1, -0.05) is 19.9 Å².